The van der Waals surface area contributed by atoms with E-state index in [1.165, 1.54) is 16.5 Å². The number of aromatic nitrogens is 1. The minimum Gasteiger partial charge on any atom is -0.357 e. The van der Waals surface area contributed by atoms with Crippen molar-refractivity contribution in [1.82, 2.24) is 4.98 Å². The summed E-state index contributed by atoms with van der Waals surface area (Å²) in [5.74, 6) is 0. The van der Waals surface area contributed by atoms with Crippen LogP contribution >= 0.6 is 0 Å². The molecule has 1 aromatic carbocycles. The number of para-hydroxylation sites is 1. The quantitative estimate of drug-likeness (QED) is 0.747. The van der Waals surface area contributed by atoms with Crippen LogP contribution in [0.3, 0.4) is 0 Å². The van der Waals surface area contributed by atoms with Gasteiger partial charge in [0, 0.05) is 17.3 Å². The van der Waals surface area contributed by atoms with E-state index in [0.29, 0.717) is 0 Å². The van der Waals surface area contributed by atoms with Gasteiger partial charge >= 0.3 is 0 Å². The first-order chi connectivity index (χ1) is 6.72. The number of fused-ring (bicyclic) bond motifs is 1. The van der Waals surface area contributed by atoms with Gasteiger partial charge in [-0.1, -0.05) is 25.1 Å². The molecule has 0 bridgehead atoms. The highest BCUT2D eigenvalue weighted by molar-refractivity contribution is 5.83. The molecule has 0 saturated carbocycles. The van der Waals surface area contributed by atoms with Crippen molar-refractivity contribution in [1.29, 1.82) is 0 Å². The summed E-state index contributed by atoms with van der Waals surface area (Å²) in [5, 5.41) is 1.25. The second kappa shape index (κ2) is 3.46. The van der Waals surface area contributed by atoms with Gasteiger partial charge in [-0.15, -0.1) is 0 Å². The molecule has 0 aliphatic rings. The third kappa shape index (κ3) is 1.42. The second-order valence-electron chi connectivity index (χ2n) is 3.78. The number of hydrogen-bond donors (Lipinski definition) is 2. The Morgan fingerprint density at radius 3 is 2.86 bits per heavy atom. The van der Waals surface area contributed by atoms with E-state index >= 15 is 0 Å². The molecule has 14 heavy (non-hydrogen) atoms. The Balaban J connectivity index is 2.56. The molecule has 1 aromatic heterocycles. The molecule has 0 spiro atoms. The molecule has 0 amide bonds. The topological polar surface area (TPSA) is 41.8 Å². The summed E-state index contributed by atoms with van der Waals surface area (Å²) < 4.78 is 0. The molecule has 2 heteroatoms. The molecule has 2 aromatic rings. The molecule has 0 aliphatic carbocycles. The molecule has 2 rings (SSSR count). The van der Waals surface area contributed by atoms with E-state index in [0.717, 1.165) is 12.1 Å². The van der Waals surface area contributed by atoms with Crippen molar-refractivity contribution < 1.29 is 0 Å². The van der Waals surface area contributed by atoms with Crippen molar-refractivity contribution in [2.75, 3.05) is 0 Å². The van der Waals surface area contributed by atoms with E-state index in [9.17, 15) is 0 Å². The third-order valence-electron chi connectivity index (χ3n) is 2.72. The number of aromatic amines is 1. The van der Waals surface area contributed by atoms with Crippen molar-refractivity contribution in [2.45, 2.75) is 26.3 Å². The van der Waals surface area contributed by atoms with Gasteiger partial charge in [-0.2, -0.15) is 0 Å². The summed E-state index contributed by atoms with van der Waals surface area (Å²) in [5.41, 5.74) is 9.60. The fraction of sp³-hybridized carbons (Fsp3) is 0.333. The van der Waals surface area contributed by atoms with Crippen LogP contribution < -0.4 is 5.73 Å². The van der Waals surface area contributed by atoms with Crippen LogP contribution in [0, 0.1) is 6.92 Å². The molecular weight excluding hydrogens is 172 g/mol. The lowest BCUT2D eigenvalue weighted by Crippen LogP contribution is -2.08. The minimum absolute atomic E-state index is 0.127. The van der Waals surface area contributed by atoms with E-state index in [-0.39, 0.29) is 6.04 Å². The SMILES string of the molecule is CC[C@@H](N)c1cc2cccc(C)c2[nH]1. The van der Waals surface area contributed by atoms with E-state index in [4.69, 9.17) is 5.73 Å². The fourth-order valence-corrected chi connectivity index (χ4v) is 1.75. The number of aryl methyl sites for hydroxylation is 1. The highest BCUT2D eigenvalue weighted by Crippen LogP contribution is 2.22. The number of benzene rings is 1. The van der Waals surface area contributed by atoms with Gasteiger partial charge in [0.25, 0.3) is 0 Å². The highest BCUT2D eigenvalue weighted by Gasteiger charge is 2.07. The van der Waals surface area contributed by atoms with Gasteiger partial charge in [-0.05, 0) is 30.4 Å². The Morgan fingerprint density at radius 1 is 1.43 bits per heavy atom. The molecule has 0 unspecified atom stereocenters. The lowest BCUT2D eigenvalue weighted by Gasteiger charge is -2.04. The van der Waals surface area contributed by atoms with Gasteiger partial charge in [0.05, 0.1) is 0 Å². The van der Waals surface area contributed by atoms with Crippen molar-refractivity contribution >= 4 is 10.9 Å². The maximum absolute atomic E-state index is 5.98. The number of nitrogens with two attached hydrogens (primary N) is 1. The normalized spacial score (nSPS) is 13.4. The number of nitrogens with one attached hydrogen (secondary N) is 1. The smallest absolute Gasteiger partial charge is 0.0486 e. The third-order valence-corrected chi connectivity index (χ3v) is 2.72. The average Bonchev–Trinajstić information content (AvgIpc) is 2.62. The van der Waals surface area contributed by atoms with Gasteiger partial charge in [0.15, 0.2) is 0 Å². The maximum atomic E-state index is 5.98. The molecule has 0 radical (unpaired) electrons. The van der Waals surface area contributed by atoms with Crippen molar-refractivity contribution in [3.05, 3.63) is 35.5 Å². The van der Waals surface area contributed by atoms with Crippen LogP contribution in [0.4, 0.5) is 0 Å². The van der Waals surface area contributed by atoms with Gasteiger partial charge in [-0.25, -0.2) is 0 Å². The van der Waals surface area contributed by atoms with E-state index in [2.05, 4.69) is 43.1 Å². The molecule has 0 saturated heterocycles. The van der Waals surface area contributed by atoms with Crippen molar-refractivity contribution in [3.8, 4) is 0 Å². The molecule has 0 fully saturated rings. The monoisotopic (exact) mass is 188 g/mol. The standard InChI is InChI=1S/C12H16N2/c1-3-10(13)11-7-9-6-4-5-8(2)12(9)14-11/h4-7,10,14H,3,13H2,1-2H3/t10-/m1/s1. The van der Waals surface area contributed by atoms with Gasteiger partial charge in [0.2, 0.25) is 0 Å². The first kappa shape index (κ1) is 9.28. The Bertz CT molecular complexity index is 443. The number of hydrogen-bond acceptors (Lipinski definition) is 1. The number of rotatable bonds is 2. The largest absolute Gasteiger partial charge is 0.357 e. The number of H-pyrrole nitrogens is 1. The van der Waals surface area contributed by atoms with Crippen LogP contribution in [0.2, 0.25) is 0 Å². The van der Waals surface area contributed by atoms with Crippen molar-refractivity contribution in [3.63, 3.8) is 0 Å². The minimum atomic E-state index is 0.127. The van der Waals surface area contributed by atoms with Crippen molar-refractivity contribution in [2.24, 2.45) is 5.73 Å². The Kier molecular flexibility index (Phi) is 2.30. The van der Waals surface area contributed by atoms with Gasteiger partial charge in [0.1, 0.15) is 0 Å². The van der Waals surface area contributed by atoms with E-state index < -0.39 is 0 Å². The molecule has 74 valence electrons. The van der Waals surface area contributed by atoms with Crippen LogP contribution in [0.25, 0.3) is 10.9 Å². The molecular formula is C12H16N2. The van der Waals surface area contributed by atoms with E-state index in [1.807, 2.05) is 0 Å². The molecule has 0 aliphatic heterocycles. The van der Waals surface area contributed by atoms with Crippen LogP contribution in [-0.4, -0.2) is 4.98 Å². The molecule has 1 atom stereocenters. The first-order valence-corrected chi connectivity index (χ1v) is 5.06. The van der Waals surface area contributed by atoms with Crippen LogP contribution in [0.1, 0.15) is 30.6 Å². The molecule has 2 nitrogen and oxygen atoms in total. The van der Waals surface area contributed by atoms with Gasteiger partial charge in [-0.3, -0.25) is 0 Å². The summed E-state index contributed by atoms with van der Waals surface area (Å²) >= 11 is 0. The summed E-state index contributed by atoms with van der Waals surface area (Å²) in [6, 6.07) is 8.58. The molecule has 1 heterocycles. The predicted molar refractivity (Wildman–Crippen MR) is 60.3 cm³/mol. The summed E-state index contributed by atoms with van der Waals surface area (Å²) in [6.45, 7) is 4.21. The maximum Gasteiger partial charge on any atom is 0.0486 e. The van der Waals surface area contributed by atoms with Crippen LogP contribution in [0.5, 0.6) is 0 Å². The summed E-state index contributed by atoms with van der Waals surface area (Å²) in [4.78, 5) is 3.39. The Morgan fingerprint density at radius 2 is 2.21 bits per heavy atom. The van der Waals surface area contributed by atoms with Crippen LogP contribution in [0.15, 0.2) is 24.3 Å². The zero-order valence-corrected chi connectivity index (χ0v) is 8.67. The zero-order chi connectivity index (χ0) is 10.1. The lowest BCUT2D eigenvalue weighted by atomic mass is 10.1. The predicted octanol–water partition coefficient (Wildman–Crippen LogP) is 2.89. The lowest BCUT2D eigenvalue weighted by molar-refractivity contribution is 0.682. The molecule has 3 N–H and O–H groups in total. The van der Waals surface area contributed by atoms with Crippen LogP contribution in [-0.2, 0) is 0 Å². The fourth-order valence-electron chi connectivity index (χ4n) is 1.75. The summed E-state index contributed by atoms with van der Waals surface area (Å²) in [7, 11) is 0. The van der Waals surface area contributed by atoms with E-state index in [1.54, 1.807) is 0 Å². The van der Waals surface area contributed by atoms with Gasteiger partial charge < -0.3 is 10.7 Å². The highest BCUT2D eigenvalue weighted by atomic mass is 14.8. The Labute approximate surface area is 84.1 Å². The summed E-state index contributed by atoms with van der Waals surface area (Å²) in [6.07, 6.45) is 0.964. The Hall–Kier alpha value is -1.28. The second-order valence-corrected chi connectivity index (χ2v) is 3.78. The zero-order valence-electron chi connectivity index (χ0n) is 8.67. The first-order valence-electron chi connectivity index (χ1n) is 5.06. The average molecular weight is 188 g/mol.